The highest BCUT2D eigenvalue weighted by atomic mass is 16.3. The van der Waals surface area contributed by atoms with E-state index in [4.69, 9.17) is 0 Å². The Morgan fingerprint density at radius 3 is 2.93 bits per heavy atom. The minimum Gasteiger partial charge on any atom is -0.504 e. The maximum absolute atomic E-state index is 11.4. The molecule has 0 amide bonds. The van der Waals surface area contributed by atoms with Crippen LogP contribution >= 0.6 is 0 Å². The number of anilines is 1. The molecule has 1 heterocycles. The highest BCUT2D eigenvalue weighted by Gasteiger charge is 2.40. The summed E-state index contributed by atoms with van der Waals surface area (Å²) in [6, 6.07) is 4.63. The van der Waals surface area contributed by atoms with Crippen LogP contribution in [-0.2, 0) is 4.79 Å². The van der Waals surface area contributed by atoms with E-state index in [0.29, 0.717) is 18.7 Å². The van der Waals surface area contributed by atoms with Crippen molar-refractivity contribution in [2.24, 2.45) is 0 Å². The van der Waals surface area contributed by atoms with E-state index in [1.54, 1.807) is 17.0 Å². The van der Waals surface area contributed by atoms with Crippen molar-refractivity contribution in [2.75, 3.05) is 11.4 Å². The van der Waals surface area contributed by atoms with Crippen molar-refractivity contribution >= 4 is 11.5 Å². The monoisotopic (exact) mass is 207 g/mol. The average molecular weight is 207 g/mol. The smallest absolute Gasteiger partial charge is 0.181 e. The van der Waals surface area contributed by atoms with Gasteiger partial charge in [-0.1, -0.05) is 13.0 Å². The standard InChI is InChI=1S/C11H13NO3/c1-2-9(13)8-6-12(8)7-4-3-5-10(14)11(7)15/h3-5,8,14-15H,2,6H2,1H3. The van der Waals surface area contributed by atoms with Crippen molar-refractivity contribution in [3.8, 4) is 11.5 Å². The topological polar surface area (TPSA) is 60.5 Å². The maximum atomic E-state index is 11.4. The van der Waals surface area contributed by atoms with Crippen molar-refractivity contribution in [3.05, 3.63) is 18.2 Å². The van der Waals surface area contributed by atoms with Crippen LogP contribution in [0.3, 0.4) is 0 Å². The summed E-state index contributed by atoms with van der Waals surface area (Å²) in [6.45, 7) is 2.45. The van der Waals surface area contributed by atoms with Gasteiger partial charge in [-0.2, -0.15) is 0 Å². The molecule has 1 aliphatic rings. The lowest BCUT2D eigenvalue weighted by molar-refractivity contribution is -0.118. The zero-order valence-corrected chi connectivity index (χ0v) is 8.47. The first-order valence-electron chi connectivity index (χ1n) is 4.95. The average Bonchev–Trinajstić information content (AvgIpc) is 3.01. The third-order valence-corrected chi connectivity index (χ3v) is 2.64. The molecule has 0 aromatic heterocycles. The molecule has 1 fully saturated rings. The molecule has 1 unspecified atom stereocenters. The van der Waals surface area contributed by atoms with Gasteiger partial charge in [-0.05, 0) is 12.1 Å². The number of Topliss-reactive ketones (excluding diaryl/α,β-unsaturated/α-hetero) is 1. The fraction of sp³-hybridized carbons (Fsp3) is 0.364. The van der Waals surface area contributed by atoms with Crippen LogP contribution in [0, 0.1) is 0 Å². The van der Waals surface area contributed by atoms with Crippen molar-refractivity contribution in [1.29, 1.82) is 0 Å². The molecular formula is C11H13NO3. The summed E-state index contributed by atoms with van der Waals surface area (Å²) in [4.78, 5) is 13.1. The van der Waals surface area contributed by atoms with Gasteiger partial charge in [-0.3, -0.25) is 4.79 Å². The predicted molar refractivity (Wildman–Crippen MR) is 56.2 cm³/mol. The number of benzene rings is 1. The summed E-state index contributed by atoms with van der Waals surface area (Å²) in [5.74, 6) is -0.135. The van der Waals surface area contributed by atoms with Crippen LogP contribution in [0.15, 0.2) is 18.2 Å². The number of phenolic OH excluding ortho intramolecular Hbond substituents is 2. The number of nitrogens with zero attached hydrogens (tertiary/aromatic N) is 1. The van der Waals surface area contributed by atoms with Crippen LogP contribution in [0.5, 0.6) is 11.5 Å². The van der Waals surface area contributed by atoms with Gasteiger partial charge in [0.1, 0.15) is 6.04 Å². The Kier molecular flexibility index (Phi) is 2.26. The molecule has 2 N–H and O–H groups in total. The Bertz CT molecular complexity index is 403. The second kappa shape index (κ2) is 3.46. The van der Waals surface area contributed by atoms with Crippen LogP contribution in [-0.4, -0.2) is 28.6 Å². The molecule has 4 nitrogen and oxygen atoms in total. The van der Waals surface area contributed by atoms with E-state index < -0.39 is 0 Å². The summed E-state index contributed by atoms with van der Waals surface area (Å²) in [7, 11) is 0. The second-order valence-corrected chi connectivity index (χ2v) is 3.63. The van der Waals surface area contributed by atoms with Crippen molar-refractivity contribution in [2.45, 2.75) is 19.4 Å². The summed E-state index contributed by atoms with van der Waals surface area (Å²) < 4.78 is 0. The third-order valence-electron chi connectivity index (χ3n) is 2.64. The number of ketones is 1. The van der Waals surface area contributed by atoms with E-state index in [1.165, 1.54) is 6.07 Å². The van der Waals surface area contributed by atoms with Gasteiger partial charge in [-0.25, -0.2) is 0 Å². The molecule has 4 heteroatoms. The third kappa shape index (κ3) is 1.63. The molecule has 1 aromatic rings. The zero-order chi connectivity index (χ0) is 11.0. The van der Waals surface area contributed by atoms with E-state index >= 15 is 0 Å². The summed E-state index contributed by atoms with van der Waals surface area (Å²) in [6.07, 6.45) is 0.501. The largest absolute Gasteiger partial charge is 0.504 e. The Balaban J connectivity index is 2.20. The zero-order valence-electron chi connectivity index (χ0n) is 8.47. The van der Waals surface area contributed by atoms with Crippen LogP contribution in [0.4, 0.5) is 5.69 Å². The number of phenols is 2. The first-order valence-corrected chi connectivity index (χ1v) is 4.95. The van der Waals surface area contributed by atoms with Gasteiger partial charge in [0.2, 0.25) is 0 Å². The minimum atomic E-state index is -0.151. The van der Waals surface area contributed by atoms with E-state index in [0.717, 1.165) is 0 Å². The lowest BCUT2D eigenvalue weighted by Crippen LogP contribution is -2.10. The summed E-state index contributed by atoms with van der Waals surface area (Å²) in [5, 5.41) is 18.9. The molecule has 0 spiro atoms. The number of carbonyl (C=O) groups excluding carboxylic acids is 1. The van der Waals surface area contributed by atoms with E-state index in [-0.39, 0.29) is 23.3 Å². The van der Waals surface area contributed by atoms with E-state index in [2.05, 4.69) is 0 Å². The number of rotatable bonds is 3. The first kappa shape index (κ1) is 9.83. The van der Waals surface area contributed by atoms with Crippen molar-refractivity contribution in [3.63, 3.8) is 0 Å². The van der Waals surface area contributed by atoms with Crippen molar-refractivity contribution in [1.82, 2.24) is 0 Å². The molecule has 0 radical (unpaired) electrons. The van der Waals surface area contributed by atoms with Crippen LogP contribution in [0.1, 0.15) is 13.3 Å². The Hall–Kier alpha value is -1.71. The highest BCUT2D eigenvalue weighted by molar-refractivity contribution is 5.93. The lowest BCUT2D eigenvalue weighted by atomic mass is 10.2. The quantitative estimate of drug-likeness (QED) is 0.578. The minimum absolute atomic E-state index is 0.123. The van der Waals surface area contributed by atoms with Crippen LogP contribution in [0.25, 0.3) is 0 Å². The predicted octanol–water partition coefficient (Wildman–Crippen LogP) is 1.27. The number of carbonyl (C=O) groups is 1. The number of aromatic hydroxyl groups is 2. The number of hydrogen-bond acceptors (Lipinski definition) is 4. The molecule has 0 saturated carbocycles. The SMILES string of the molecule is CCC(=O)C1CN1c1cccc(O)c1O. The summed E-state index contributed by atoms with van der Waals surface area (Å²) in [5.41, 5.74) is 0.529. The van der Waals surface area contributed by atoms with Crippen LogP contribution in [0.2, 0.25) is 0 Å². The molecule has 0 aliphatic carbocycles. The fourth-order valence-corrected chi connectivity index (χ4v) is 1.67. The number of para-hydroxylation sites is 1. The molecule has 2 rings (SSSR count). The van der Waals surface area contributed by atoms with Gasteiger partial charge in [0.25, 0.3) is 0 Å². The first-order chi connectivity index (χ1) is 7.15. The van der Waals surface area contributed by atoms with E-state index in [9.17, 15) is 15.0 Å². The fourth-order valence-electron chi connectivity index (χ4n) is 1.67. The molecule has 15 heavy (non-hydrogen) atoms. The molecule has 1 aliphatic heterocycles. The molecule has 1 saturated heterocycles. The molecule has 0 bridgehead atoms. The lowest BCUT2D eigenvalue weighted by Gasteiger charge is -2.08. The molecular weight excluding hydrogens is 194 g/mol. The van der Waals surface area contributed by atoms with Gasteiger partial charge in [-0.15, -0.1) is 0 Å². The normalized spacial score (nSPS) is 19.0. The molecule has 1 aromatic carbocycles. The van der Waals surface area contributed by atoms with E-state index in [1.807, 2.05) is 6.92 Å². The number of hydrogen-bond donors (Lipinski definition) is 2. The molecule has 1 atom stereocenters. The van der Waals surface area contributed by atoms with Gasteiger partial charge >= 0.3 is 0 Å². The second-order valence-electron chi connectivity index (χ2n) is 3.63. The Morgan fingerprint density at radius 1 is 1.53 bits per heavy atom. The Morgan fingerprint density at radius 2 is 2.27 bits per heavy atom. The Labute approximate surface area is 87.8 Å². The van der Waals surface area contributed by atoms with Gasteiger partial charge in [0.05, 0.1) is 5.69 Å². The van der Waals surface area contributed by atoms with Crippen molar-refractivity contribution < 1.29 is 15.0 Å². The summed E-state index contributed by atoms with van der Waals surface area (Å²) >= 11 is 0. The van der Waals surface area contributed by atoms with Gasteiger partial charge < -0.3 is 15.1 Å². The van der Waals surface area contributed by atoms with Gasteiger partial charge in [0.15, 0.2) is 17.3 Å². The highest BCUT2D eigenvalue weighted by Crippen LogP contribution is 2.40. The van der Waals surface area contributed by atoms with Gasteiger partial charge in [0, 0.05) is 13.0 Å². The van der Waals surface area contributed by atoms with Crippen LogP contribution < -0.4 is 4.90 Å². The maximum Gasteiger partial charge on any atom is 0.181 e. The molecule has 80 valence electrons.